The molecule has 0 aromatic rings. The smallest absolute Gasteiger partial charge is 0.329 e. The monoisotopic (exact) mass is 266 g/mol. The Bertz CT molecular complexity index is 271. The molecule has 0 bridgehead atoms. The topological polar surface area (TPSA) is 32.3 Å². The van der Waals surface area contributed by atoms with Crippen molar-refractivity contribution >= 4 is 5.91 Å². The van der Waals surface area contributed by atoms with Crippen molar-refractivity contribution in [1.82, 2.24) is 10.2 Å². The fraction of sp³-hybridized carbons (Fsp3) is 0.917. The van der Waals surface area contributed by atoms with E-state index >= 15 is 0 Å². The van der Waals surface area contributed by atoms with Crippen molar-refractivity contribution in [2.45, 2.75) is 57.8 Å². The van der Waals surface area contributed by atoms with Gasteiger partial charge in [0.05, 0.1) is 6.04 Å². The Hall–Kier alpha value is -0.780. The SMILES string of the molecule is CCC(CC)N(CC(F)(F)F)C(=O)[C@@H]1CCCN1. The number of hydrogen-bond acceptors (Lipinski definition) is 2. The summed E-state index contributed by atoms with van der Waals surface area (Å²) in [6, 6.07) is -0.769. The maximum absolute atomic E-state index is 12.6. The van der Waals surface area contributed by atoms with Gasteiger partial charge in [-0.3, -0.25) is 4.79 Å². The lowest BCUT2D eigenvalue weighted by atomic mass is 10.1. The van der Waals surface area contributed by atoms with E-state index in [4.69, 9.17) is 0 Å². The fourth-order valence-corrected chi connectivity index (χ4v) is 2.41. The summed E-state index contributed by atoms with van der Waals surface area (Å²) >= 11 is 0. The molecule has 1 rings (SSSR count). The van der Waals surface area contributed by atoms with Crippen LogP contribution >= 0.6 is 0 Å². The van der Waals surface area contributed by atoms with E-state index in [1.165, 1.54) is 0 Å². The van der Waals surface area contributed by atoms with Crippen molar-refractivity contribution in [2.24, 2.45) is 0 Å². The van der Waals surface area contributed by atoms with Crippen LogP contribution in [0.5, 0.6) is 0 Å². The van der Waals surface area contributed by atoms with Crippen LogP contribution in [0.1, 0.15) is 39.5 Å². The Morgan fingerprint density at radius 2 is 2.00 bits per heavy atom. The van der Waals surface area contributed by atoms with Crippen LogP contribution in [0.3, 0.4) is 0 Å². The van der Waals surface area contributed by atoms with Crippen molar-refractivity contribution in [3.05, 3.63) is 0 Å². The average molecular weight is 266 g/mol. The summed E-state index contributed by atoms with van der Waals surface area (Å²) in [7, 11) is 0. The molecule has 1 atom stereocenters. The van der Waals surface area contributed by atoms with E-state index in [1.54, 1.807) is 0 Å². The predicted molar refractivity (Wildman–Crippen MR) is 63.2 cm³/mol. The minimum Gasteiger partial charge on any atom is -0.329 e. The van der Waals surface area contributed by atoms with Crippen LogP contribution in [-0.4, -0.2) is 42.2 Å². The van der Waals surface area contributed by atoms with Gasteiger partial charge in [0.25, 0.3) is 0 Å². The third-order valence-corrected chi connectivity index (χ3v) is 3.37. The third-order valence-electron chi connectivity index (χ3n) is 3.37. The molecule has 0 aliphatic carbocycles. The van der Waals surface area contributed by atoms with Gasteiger partial charge in [-0.15, -0.1) is 0 Å². The molecule has 1 fully saturated rings. The van der Waals surface area contributed by atoms with Gasteiger partial charge in [0.2, 0.25) is 5.91 Å². The zero-order valence-corrected chi connectivity index (χ0v) is 10.9. The van der Waals surface area contributed by atoms with Gasteiger partial charge in [0.1, 0.15) is 6.54 Å². The molecular weight excluding hydrogens is 245 g/mol. The Morgan fingerprint density at radius 3 is 2.39 bits per heavy atom. The normalized spacial score (nSPS) is 20.4. The van der Waals surface area contributed by atoms with Crippen molar-refractivity contribution < 1.29 is 18.0 Å². The minimum absolute atomic E-state index is 0.332. The van der Waals surface area contributed by atoms with Crippen molar-refractivity contribution in [3.63, 3.8) is 0 Å². The number of nitrogens with zero attached hydrogens (tertiary/aromatic N) is 1. The first-order valence-electron chi connectivity index (χ1n) is 6.49. The molecule has 0 radical (unpaired) electrons. The number of carbonyl (C=O) groups excluding carboxylic acids is 1. The highest BCUT2D eigenvalue weighted by atomic mass is 19.4. The molecule has 1 heterocycles. The summed E-state index contributed by atoms with van der Waals surface area (Å²) in [5.74, 6) is -0.404. The Kier molecular flexibility index (Phi) is 5.44. The highest BCUT2D eigenvalue weighted by molar-refractivity contribution is 5.82. The summed E-state index contributed by atoms with van der Waals surface area (Å²) in [5, 5.41) is 2.97. The van der Waals surface area contributed by atoms with E-state index in [-0.39, 0.29) is 6.04 Å². The number of amides is 1. The molecule has 6 heteroatoms. The lowest BCUT2D eigenvalue weighted by Gasteiger charge is -2.33. The molecule has 3 nitrogen and oxygen atoms in total. The molecule has 106 valence electrons. The number of rotatable bonds is 5. The van der Waals surface area contributed by atoms with Crippen LogP contribution in [0.25, 0.3) is 0 Å². The standard InChI is InChI=1S/C12H21F3N2O/c1-3-9(4-2)17(8-12(13,14)15)11(18)10-6-5-7-16-10/h9-10,16H,3-8H2,1-2H3/t10-/m0/s1. The Balaban J connectivity index is 2.77. The van der Waals surface area contributed by atoms with Gasteiger partial charge in [-0.25, -0.2) is 0 Å². The first-order chi connectivity index (χ1) is 8.39. The average Bonchev–Trinajstić information content (AvgIpc) is 2.80. The summed E-state index contributed by atoms with van der Waals surface area (Å²) in [4.78, 5) is 13.1. The van der Waals surface area contributed by atoms with Crippen molar-refractivity contribution in [1.29, 1.82) is 0 Å². The quantitative estimate of drug-likeness (QED) is 0.828. The number of halogens is 3. The zero-order chi connectivity index (χ0) is 13.8. The second-order valence-corrected chi connectivity index (χ2v) is 4.70. The fourth-order valence-electron chi connectivity index (χ4n) is 2.41. The maximum Gasteiger partial charge on any atom is 0.406 e. The van der Waals surface area contributed by atoms with Gasteiger partial charge >= 0.3 is 6.18 Å². The van der Waals surface area contributed by atoms with Gasteiger partial charge in [-0.05, 0) is 32.2 Å². The van der Waals surface area contributed by atoms with Crippen LogP contribution in [0.15, 0.2) is 0 Å². The maximum atomic E-state index is 12.6. The van der Waals surface area contributed by atoms with Crippen LogP contribution in [-0.2, 0) is 4.79 Å². The Labute approximate surface area is 106 Å². The van der Waals surface area contributed by atoms with Gasteiger partial charge < -0.3 is 10.2 Å². The number of alkyl halides is 3. The van der Waals surface area contributed by atoms with E-state index in [1.807, 2.05) is 13.8 Å². The van der Waals surface area contributed by atoms with Gasteiger partial charge in [0, 0.05) is 6.04 Å². The lowest BCUT2D eigenvalue weighted by molar-refractivity contribution is -0.167. The highest BCUT2D eigenvalue weighted by Crippen LogP contribution is 2.22. The van der Waals surface area contributed by atoms with E-state index < -0.39 is 24.7 Å². The van der Waals surface area contributed by atoms with E-state index in [0.717, 1.165) is 11.3 Å². The van der Waals surface area contributed by atoms with Gasteiger partial charge in [-0.2, -0.15) is 13.2 Å². The predicted octanol–water partition coefficient (Wildman–Crippen LogP) is 2.32. The molecule has 0 aromatic carbocycles. The largest absolute Gasteiger partial charge is 0.406 e. The second-order valence-electron chi connectivity index (χ2n) is 4.70. The first kappa shape index (κ1) is 15.3. The van der Waals surface area contributed by atoms with Crippen LogP contribution < -0.4 is 5.32 Å². The van der Waals surface area contributed by atoms with Gasteiger partial charge in [-0.1, -0.05) is 13.8 Å². The molecule has 1 aliphatic heterocycles. The third kappa shape index (κ3) is 4.15. The molecule has 1 N–H and O–H groups in total. The summed E-state index contributed by atoms with van der Waals surface area (Å²) < 4.78 is 37.7. The number of hydrogen-bond donors (Lipinski definition) is 1. The molecule has 18 heavy (non-hydrogen) atoms. The number of carbonyl (C=O) groups is 1. The molecular formula is C12H21F3N2O. The summed E-state index contributed by atoms with van der Waals surface area (Å²) in [5.41, 5.74) is 0. The molecule has 0 spiro atoms. The summed E-state index contributed by atoms with van der Waals surface area (Å²) in [6.45, 7) is 3.19. The van der Waals surface area contributed by atoms with Crippen LogP contribution in [0.2, 0.25) is 0 Å². The summed E-state index contributed by atoms with van der Waals surface area (Å²) in [6.07, 6.45) is -1.76. The Morgan fingerprint density at radius 1 is 1.39 bits per heavy atom. The molecule has 0 aromatic heterocycles. The second kappa shape index (κ2) is 6.41. The van der Waals surface area contributed by atoms with E-state index in [0.29, 0.717) is 25.8 Å². The van der Waals surface area contributed by atoms with Crippen molar-refractivity contribution in [3.8, 4) is 0 Å². The first-order valence-corrected chi connectivity index (χ1v) is 6.49. The van der Waals surface area contributed by atoms with Crippen LogP contribution in [0.4, 0.5) is 13.2 Å². The van der Waals surface area contributed by atoms with Crippen molar-refractivity contribution in [2.75, 3.05) is 13.1 Å². The van der Waals surface area contributed by atoms with Crippen LogP contribution in [0, 0.1) is 0 Å². The van der Waals surface area contributed by atoms with E-state index in [2.05, 4.69) is 5.32 Å². The zero-order valence-electron chi connectivity index (χ0n) is 10.9. The number of nitrogens with one attached hydrogen (secondary N) is 1. The molecule has 1 aliphatic rings. The molecule has 0 saturated carbocycles. The van der Waals surface area contributed by atoms with Gasteiger partial charge in [0.15, 0.2) is 0 Å². The lowest BCUT2D eigenvalue weighted by Crippen LogP contribution is -2.51. The molecule has 1 saturated heterocycles. The molecule has 1 amide bonds. The minimum atomic E-state index is -4.34. The van der Waals surface area contributed by atoms with E-state index in [9.17, 15) is 18.0 Å². The molecule has 0 unspecified atom stereocenters. The highest BCUT2D eigenvalue weighted by Gasteiger charge is 2.38.